The normalized spacial score (nSPS) is 9.50. The Hall–Kier alpha value is -0.900. The van der Waals surface area contributed by atoms with Crippen molar-refractivity contribution >= 4 is 22.2 Å². The molecule has 12 heavy (non-hydrogen) atoms. The largest absolute Gasteiger partial charge is 0.481 e. The van der Waals surface area contributed by atoms with E-state index in [4.69, 9.17) is 4.74 Å². The van der Waals surface area contributed by atoms with Crippen LogP contribution in [0.15, 0.2) is 16.7 Å². The molecule has 0 aromatic carbocycles. The molecule has 0 saturated carbocycles. The van der Waals surface area contributed by atoms with Crippen LogP contribution in [0.3, 0.4) is 0 Å². The van der Waals surface area contributed by atoms with Crippen molar-refractivity contribution in [1.29, 1.82) is 0 Å². The first-order valence-electron chi connectivity index (χ1n) is 3.40. The maximum atomic E-state index is 10.3. The maximum absolute atomic E-state index is 10.3. The molecule has 64 valence electrons. The van der Waals surface area contributed by atoms with Crippen LogP contribution in [0.4, 0.5) is 0 Å². The van der Waals surface area contributed by atoms with E-state index in [0.29, 0.717) is 12.3 Å². The van der Waals surface area contributed by atoms with Gasteiger partial charge in [0.15, 0.2) is 0 Å². The molecule has 0 aliphatic carbocycles. The van der Waals surface area contributed by atoms with Crippen molar-refractivity contribution in [2.45, 2.75) is 6.42 Å². The molecule has 0 fully saturated rings. The lowest BCUT2D eigenvalue weighted by molar-refractivity contribution is -0.107. The summed E-state index contributed by atoms with van der Waals surface area (Å²) in [6.45, 7) is 0. The third-order valence-corrected chi connectivity index (χ3v) is 1.82. The average Bonchev–Trinajstić information content (AvgIpc) is 2.05. The van der Waals surface area contributed by atoms with Crippen LogP contribution in [0.2, 0.25) is 0 Å². The van der Waals surface area contributed by atoms with Gasteiger partial charge in [-0.1, -0.05) is 0 Å². The smallest absolute Gasteiger partial charge is 0.216 e. The first-order chi connectivity index (χ1) is 5.77. The molecular weight excluding hydrogens is 222 g/mol. The zero-order valence-electron chi connectivity index (χ0n) is 6.58. The number of halogens is 1. The predicted molar refractivity (Wildman–Crippen MR) is 48.3 cm³/mol. The Labute approximate surface area is 78.9 Å². The summed E-state index contributed by atoms with van der Waals surface area (Å²) < 4.78 is 5.81. The number of pyridine rings is 1. The van der Waals surface area contributed by atoms with E-state index in [1.807, 2.05) is 6.07 Å². The fourth-order valence-corrected chi connectivity index (χ4v) is 1.27. The number of methoxy groups -OCH3 is 1. The van der Waals surface area contributed by atoms with Crippen LogP contribution < -0.4 is 4.74 Å². The second-order valence-corrected chi connectivity index (χ2v) is 3.11. The Bertz CT molecular complexity index is 288. The first kappa shape index (κ1) is 9.19. The van der Waals surface area contributed by atoms with E-state index >= 15 is 0 Å². The standard InChI is InChI=1S/C8H8BrNO2/c1-12-8-6(2-3-11)4-7(9)5-10-8/h3-5H,2H2,1H3. The van der Waals surface area contributed by atoms with Gasteiger partial charge in [-0.25, -0.2) is 4.98 Å². The topological polar surface area (TPSA) is 39.2 Å². The van der Waals surface area contributed by atoms with E-state index in [-0.39, 0.29) is 0 Å². The molecule has 0 saturated heterocycles. The zero-order chi connectivity index (χ0) is 8.97. The number of hydrogen-bond donors (Lipinski definition) is 0. The number of carbonyl (C=O) groups excluding carboxylic acids is 1. The Morgan fingerprint density at radius 1 is 1.75 bits per heavy atom. The van der Waals surface area contributed by atoms with Crippen LogP contribution in [0, 0.1) is 0 Å². The highest BCUT2D eigenvalue weighted by Crippen LogP contribution is 2.19. The SMILES string of the molecule is COc1ncc(Br)cc1CC=O. The number of nitrogens with zero attached hydrogens (tertiary/aromatic N) is 1. The van der Waals surface area contributed by atoms with E-state index in [1.54, 1.807) is 6.20 Å². The minimum atomic E-state index is 0.329. The predicted octanol–water partition coefficient (Wildman–Crippen LogP) is 1.59. The lowest BCUT2D eigenvalue weighted by Gasteiger charge is -2.03. The van der Waals surface area contributed by atoms with Gasteiger partial charge in [-0.3, -0.25) is 0 Å². The van der Waals surface area contributed by atoms with E-state index in [2.05, 4.69) is 20.9 Å². The van der Waals surface area contributed by atoms with Gasteiger partial charge in [0.1, 0.15) is 6.29 Å². The second-order valence-electron chi connectivity index (χ2n) is 2.19. The summed E-state index contributed by atoms with van der Waals surface area (Å²) in [4.78, 5) is 14.2. The second kappa shape index (κ2) is 4.21. The summed E-state index contributed by atoms with van der Waals surface area (Å²) in [6, 6.07) is 1.82. The number of aldehydes is 1. The minimum absolute atomic E-state index is 0.329. The Balaban J connectivity index is 3.03. The van der Waals surface area contributed by atoms with Gasteiger partial charge in [-0.2, -0.15) is 0 Å². The maximum Gasteiger partial charge on any atom is 0.216 e. The zero-order valence-corrected chi connectivity index (χ0v) is 8.17. The van der Waals surface area contributed by atoms with Crippen LogP contribution in [0.5, 0.6) is 5.88 Å². The highest BCUT2D eigenvalue weighted by molar-refractivity contribution is 9.10. The fourth-order valence-electron chi connectivity index (χ4n) is 0.888. The van der Waals surface area contributed by atoms with Crippen molar-refractivity contribution < 1.29 is 9.53 Å². The third-order valence-electron chi connectivity index (χ3n) is 1.39. The molecule has 0 amide bonds. The highest BCUT2D eigenvalue weighted by atomic mass is 79.9. The molecular formula is C8H8BrNO2. The molecule has 0 N–H and O–H groups in total. The van der Waals surface area contributed by atoms with Crippen molar-refractivity contribution in [3.8, 4) is 5.88 Å². The van der Waals surface area contributed by atoms with Crippen LogP contribution in [-0.4, -0.2) is 18.4 Å². The van der Waals surface area contributed by atoms with E-state index in [9.17, 15) is 4.79 Å². The number of carbonyl (C=O) groups is 1. The third kappa shape index (κ3) is 2.04. The van der Waals surface area contributed by atoms with Crippen LogP contribution in [0.1, 0.15) is 5.56 Å². The molecule has 0 radical (unpaired) electrons. The summed E-state index contributed by atoms with van der Waals surface area (Å²) >= 11 is 3.26. The van der Waals surface area contributed by atoms with Gasteiger partial charge in [0, 0.05) is 22.7 Å². The van der Waals surface area contributed by atoms with Gasteiger partial charge >= 0.3 is 0 Å². The monoisotopic (exact) mass is 229 g/mol. The average molecular weight is 230 g/mol. The molecule has 1 aromatic rings. The summed E-state index contributed by atoms with van der Waals surface area (Å²) in [5, 5.41) is 0. The lowest BCUT2D eigenvalue weighted by Crippen LogP contribution is -1.95. The molecule has 0 aliphatic rings. The Morgan fingerprint density at radius 2 is 2.50 bits per heavy atom. The summed E-state index contributed by atoms with van der Waals surface area (Å²) in [5.74, 6) is 0.505. The molecule has 0 atom stereocenters. The number of hydrogen-bond acceptors (Lipinski definition) is 3. The van der Waals surface area contributed by atoms with E-state index < -0.39 is 0 Å². The molecule has 0 bridgehead atoms. The van der Waals surface area contributed by atoms with Crippen molar-refractivity contribution in [1.82, 2.24) is 4.98 Å². The van der Waals surface area contributed by atoms with Gasteiger partial charge in [0.25, 0.3) is 0 Å². The number of aromatic nitrogens is 1. The Kier molecular flexibility index (Phi) is 3.22. The summed E-state index contributed by atoms with van der Waals surface area (Å²) in [5.41, 5.74) is 0.793. The van der Waals surface area contributed by atoms with Crippen LogP contribution >= 0.6 is 15.9 Å². The molecule has 4 heteroatoms. The summed E-state index contributed by atoms with van der Waals surface area (Å²) in [7, 11) is 1.53. The molecule has 3 nitrogen and oxygen atoms in total. The first-order valence-corrected chi connectivity index (χ1v) is 4.19. The van der Waals surface area contributed by atoms with Crippen LogP contribution in [0.25, 0.3) is 0 Å². The highest BCUT2D eigenvalue weighted by Gasteiger charge is 2.03. The molecule has 0 unspecified atom stereocenters. The van der Waals surface area contributed by atoms with E-state index in [0.717, 1.165) is 16.3 Å². The van der Waals surface area contributed by atoms with Gasteiger partial charge in [-0.05, 0) is 22.0 Å². The van der Waals surface area contributed by atoms with Crippen LogP contribution in [-0.2, 0) is 11.2 Å². The Morgan fingerprint density at radius 3 is 3.08 bits per heavy atom. The van der Waals surface area contributed by atoms with Crippen molar-refractivity contribution in [3.63, 3.8) is 0 Å². The summed E-state index contributed by atoms with van der Waals surface area (Å²) in [6.07, 6.45) is 2.79. The van der Waals surface area contributed by atoms with Gasteiger partial charge in [-0.15, -0.1) is 0 Å². The van der Waals surface area contributed by atoms with E-state index in [1.165, 1.54) is 7.11 Å². The van der Waals surface area contributed by atoms with Crippen molar-refractivity contribution in [2.75, 3.05) is 7.11 Å². The lowest BCUT2D eigenvalue weighted by atomic mass is 10.2. The van der Waals surface area contributed by atoms with Crippen molar-refractivity contribution in [3.05, 3.63) is 22.3 Å². The molecule has 0 spiro atoms. The number of ether oxygens (including phenoxy) is 1. The van der Waals surface area contributed by atoms with Gasteiger partial charge in [0.2, 0.25) is 5.88 Å². The molecule has 1 heterocycles. The van der Waals surface area contributed by atoms with Crippen molar-refractivity contribution in [2.24, 2.45) is 0 Å². The minimum Gasteiger partial charge on any atom is -0.481 e. The quantitative estimate of drug-likeness (QED) is 0.740. The van der Waals surface area contributed by atoms with Gasteiger partial charge < -0.3 is 9.53 Å². The number of rotatable bonds is 3. The van der Waals surface area contributed by atoms with Gasteiger partial charge in [0.05, 0.1) is 7.11 Å². The fraction of sp³-hybridized carbons (Fsp3) is 0.250. The molecule has 0 aliphatic heterocycles. The molecule has 1 rings (SSSR count). The molecule has 1 aromatic heterocycles.